The van der Waals surface area contributed by atoms with Gasteiger partial charge in [0.1, 0.15) is 5.75 Å². The molecule has 0 aromatic heterocycles. The van der Waals surface area contributed by atoms with E-state index in [1.807, 2.05) is 42.5 Å². The summed E-state index contributed by atoms with van der Waals surface area (Å²) < 4.78 is 5.11. The first kappa shape index (κ1) is 13.1. The van der Waals surface area contributed by atoms with Crippen molar-refractivity contribution in [1.82, 2.24) is 0 Å². The van der Waals surface area contributed by atoms with Gasteiger partial charge in [-0.15, -0.1) is 0 Å². The van der Waals surface area contributed by atoms with Crippen molar-refractivity contribution < 1.29 is 4.74 Å². The van der Waals surface area contributed by atoms with Crippen molar-refractivity contribution in [2.45, 2.75) is 6.54 Å². The molecule has 2 nitrogen and oxygen atoms in total. The zero-order chi connectivity index (χ0) is 13.0. The van der Waals surface area contributed by atoms with E-state index in [0.717, 1.165) is 16.3 Å². The molecule has 0 spiro atoms. The van der Waals surface area contributed by atoms with Crippen molar-refractivity contribution in [2.75, 3.05) is 12.4 Å². The van der Waals surface area contributed by atoms with Crippen molar-refractivity contribution in [3.63, 3.8) is 0 Å². The van der Waals surface area contributed by atoms with Crippen LogP contribution in [0.1, 0.15) is 5.56 Å². The SMILES string of the molecule is COc1ccc(CNc2ccc(Cl)cc2)cc1Cl. The van der Waals surface area contributed by atoms with Gasteiger partial charge >= 0.3 is 0 Å². The Hall–Kier alpha value is -1.38. The van der Waals surface area contributed by atoms with Crippen molar-refractivity contribution in [1.29, 1.82) is 0 Å². The second kappa shape index (κ2) is 5.98. The van der Waals surface area contributed by atoms with E-state index < -0.39 is 0 Å². The summed E-state index contributed by atoms with van der Waals surface area (Å²) in [5.74, 6) is 0.687. The normalized spacial score (nSPS) is 10.2. The fourth-order valence-electron chi connectivity index (χ4n) is 1.59. The Labute approximate surface area is 116 Å². The van der Waals surface area contributed by atoms with Crippen LogP contribution in [0.4, 0.5) is 5.69 Å². The Kier molecular flexibility index (Phi) is 4.34. The number of methoxy groups -OCH3 is 1. The van der Waals surface area contributed by atoms with Crippen LogP contribution in [-0.2, 0) is 6.54 Å². The van der Waals surface area contributed by atoms with Crippen molar-refractivity contribution in [2.24, 2.45) is 0 Å². The summed E-state index contributed by atoms with van der Waals surface area (Å²) in [6, 6.07) is 13.3. The molecular weight excluding hydrogens is 269 g/mol. The van der Waals surface area contributed by atoms with Gasteiger partial charge < -0.3 is 10.1 Å². The number of nitrogens with one attached hydrogen (secondary N) is 1. The molecule has 2 aromatic rings. The summed E-state index contributed by atoms with van der Waals surface area (Å²) in [5, 5.41) is 4.64. The first-order valence-corrected chi connectivity index (χ1v) is 6.26. The van der Waals surface area contributed by atoms with E-state index in [1.54, 1.807) is 7.11 Å². The number of halogens is 2. The van der Waals surface area contributed by atoms with Gasteiger partial charge in [-0.25, -0.2) is 0 Å². The minimum atomic E-state index is 0.618. The lowest BCUT2D eigenvalue weighted by Crippen LogP contribution is -1.99. The number of hydrogen-bond donors (Lipinski definition) is 1. The quantitative estimate of drug-likeness (QED) is 0.883. The lowest BCUT2D eigenvalue weighted by molar-refractivity contribution is 0.415. The van der Waals surface area contributed by atoms with Gasteiger partial charge in [0.15, 0.2) is 0 Å². The van der Waals surface area contributed by atoms with Gasteiger partial charge in [-0.3, -0.25) is 0 Å². The van der Waals surface area contributed by atoms with Crippen molar-refractivity contribution in [3.05, 3.63) is 58.1 Å². The van der Waals surface area contributed by atoms with Crippen LogP contribution in [0, 0.1) is 0 Å². The van der Waals surface area contributed by atoms with E-state index in [1.165, 1.54) is 0 Å². The Bertz CT molecular complexity index is 526. The van der Waals surface area contributed by atoms with E-state index in [2.05, 4.69) is 5.32 Å². The molecule has 0 bridgehead atoms. The van der Waals surface area contributed by atoms with Crippen molar-refractivity contribution in [3.8, 4) is 5.75 Å². The third-order valence-electron chi connectivity index (χ3n) is 2.56. The molecule has 0 aliphatic carbocycles. The van der Waals surface area contributed by atoms with Crippen LogP contribution in [0.2, 0.25) is 10.0 Å². The molecule has 0 radical (unpaired) electrons. The number of ether oxygens (including phenoxy) is 1. The fourth-order valence-corrected chi connectivity index (χ4v) is 2.00. The van der Waals surface area contributed by atoms with Crippen LogP contribution < -0.4 is 10.1 Å². The lowest BCUT2D eigenvalue weighted by Gasteiger charge is -2.08. The Morgan fingerprint density at radius 3 is 2.39 bits per heavy atom. The molecule has 18 heavy (non-hydrogen) atoms. The Morgan fingerprint density at radius 2 is 1.78 bits per heavy atom. The van der Waals surface area contributed by atoms with Gasteiger partial charge in [0, 0.05) is 17.3 Å². The maximum Gasteiger partial charge on any atom is 0.137 e. The highest BCUT2D eigenvalue weighted by Gasteiger charge is 2.01. The molecule has 94 valence electrons. The average molecular weight is 282 g/mol. The van der Waals surface area contributed by atoms with E-state index in [9.17, 15) is 0 Å². The summed E-state index contributed by atoms with van der Waals surface area (Å²) in [6.07, 6.45) is 0. The maximum atomic E-state index is 6.06. The van der Waals surface area contributed by atoms with Crippen LogP contribution in [0.5, 0.6) is 5.75 Å². The van der Waals surface area contributed by atoms with Crippen LogP contribution in [-0.4, -0.2) is 7.11 Å². The van der Waals surface area contributed by atoms with Crippen LogP contribution >= 0.6 is 23.2 Å². The summed E-state index contributed by atoms with van der Waals surface area (Å²) in [6.45, 7) is 0.700. The largest absolute Gasteiger partial charge is 0.495 e. The fraction of sp³-hybridized carbons (Fsp3) is 0.143. The second-order valence-electron chi connectivity index (χ2n) is 3.83. The van der Waals surface area contributed by atoms with Crippen LogP contribution in [0.3, 0.4) is 0 Å². The van der Waals surface area contributed by atoms with Crippen LogP contribution in [0.25, 0.3) is 0 Å². The Morgan fingerprint density at radius 1 is 1.06 bits per heavy atom. The first-order valence-electron chi connectivity index (χ1n) is 5.51. The van der Waals surface area contributed by atoms with E-state index in [-0.39, 0.29) is 0 Å². The molecule has 4 heteroatoms. The topological polar surface area (TPSA) is 21.3 Å². The molecular formula is C14H13Cl2NO. The molecule has 0 atom stereocenters. The second-order valence-corrected chi connectivity index (χ2v) is 4.67. The molecule has 0 heterocycles. The number of rotatable bonds is 4. The van der Waals surface area contributed by atoms with Crippen molar-refractivity contribution >= 4 is 28.9 Å². The molecule has 0 aliphatic rings. The third kappa shape index (κ3) is 3.31. The molecule has 0 aliphatic heterocycles. The number of anilines is 1. The van der Waals surface area contributed by atoms with E-state index in [4.69, 9.17) is 27.9 Å². The molecule has 2 rings (SSSR count). The van der Waals surface area contributed by atoms with Crippen LogP contribution in [0.15, 0.2) is 42.5 Å². The minimum Gasteiger partial charge on any atom is -0.495 e. The molecule has 1 N–H and O–H groups in total. The average Bonchev–Trinajstić information content (AvgIpc) is 2.38. The number of benzene rings is 2. The van der Waals surface area contributed by atoms with E-state index >= 15 is 0 Å². The molecule has 2 aromatic carbocycles. The summed E-state index contributed by atoms with van der Waals surface area (Å²) in [5.41, 5.74) is 2.11. The zero-order valence-corrected chi connectivity index (χ0v) is 11.4. The highest BCUT2D eigenvalue weighted by molar-refractivity contribution is 6.32. The van der Waals surface area contributed by atoms with Gasteiger partial charge in [-0.1, -0.05) is 29.3 Å². The number of hydrogen-bond acceptors (Lipinski definition) is 2. The molecule has 0 saturated carbocycles. The third-order valence-corrected chi connectivity index (χ3v) is 3.10. The minimum absolute atomic E-state index is 0.618. The predicted octanol–water partition coefficient (Wildman–Crippen LogP) is 4.61. The molecule has 0 fully saturated rings. The van der Waals surface area contributed by atoms with Gasteiger partial charge in [-0.05, 0) is 42.0 Å². The monoisotopic (exact) mass is 281 g/mol. The lowest BCUT2D eigenvalue weighted by atomic mass is 10.2. The zero-order valence-electron chi connectivity index (χ0n) is 9.91. The highest BCUT2D eigenvalue weighted by Crippen LogP contribution is 2.25. The van der Waals surface area contributed by atoms with Gasteiger partial charge in [0.05, 0.1) is 12.1 Å². The summed E-state index contributed by atoms with van der Waals surface area (Å²) in [4.78, 5) is 0. The van der Waals surface area contributed by atoms with Gasteiger partial charge in [-0.2, -0.15) is 0 Å². The van der Waals surface area contributed by atoms with E-state index in [0.29, 0.717) is 17.3 Å². The first-order chi connectivity index (χ1) is 8.69. The summed E-state index contributed by atoms with van der Waals surface area (Å²) in [7, 11) is 1.60. The summed E-state index contributed by atoms with van der Waals surface area (Å²) >= 11 is 11.9. The molecule has 0 amide bonds. The predicted molar refractivity (Wildman–Crippen MR) is 76.8 cm³/mol. The standard InChI is InChI=1S/C14H13Cl2NO/c1-18-14-7-2-10(8-13(14)16)9-17-12-5-3-11(15)4-6-12/h2-8,17H,9H2,1H3. The Balaban J connectivity index is 2.02. The van der Waals surface area contributed by atoms with Gasteiger partial charge in [0.2, 0.25) is 0 Å². The molecule has 0 unspecified atom stereocenters. The van der Waals surface area contributed by atoms with Gasteiger partial charge in [0.25, 0.3) is 0 Å². The molecule has 0 saturated heterocycles. The highest BCUT2D eigenvalue weighted by atomic mass is 35.5. The maximum absolute atomic E-state index is 6.06. The smallest absolute Gasteiger partial charge is 0.137 e.